The molecule has 1 heteroatoms. The van der Waals surface area contributed by atoms with Crippen LogP contribution in [0.25, 0.3) is 0 Å². The summed E-state index contributed by atoms with van der Waals surface area (Å²) in [6, 6.07) is 0. The van der Waals surface area contributed by atoms with E-state index in [1.807, 2.05) is 13.8 Å². The second-order valence-electron chi connectivity index (χ2n) is 3.01. The molecule has 0 bridgehead atoms. The first kappa shape index (κ1) is 14.5. The van der Waals surface area contributed by atoms with Gasteiger partial charge in [-0.25, -0.2) is 0 Å². The fourth-order valence-electron chi connectivity index (χ4n) is 0.956. The molecule has 0 spiro atoms. The smallest absolute Gasteiger partial charge is 0.00489 e. The van der Waals surface area contributed by atoms with Gasteiger partial charge in [0.2, 0.25) is 0 Å². The molecule has 0 radical (unpaired) electrons. The summed E-state index contributed by atoms with van der Waals surface area (Å²) in [5.41, 5.74) is 0. The molecule has 1 unspecified atom stereocenters. The van der Waals surface area contributed by atoms with Crippen LogP contribution >= 0.6 is 0 Å². The monoisotopic (exact) mass is 173 g/mol. The number of nitrogens with one attached hydrogen (secondary N) is 1. The molecule has 0 aromatic carbocycles. The van der Waals surface area contributed by atoms with E-state index in [2.05, 4.69) is 26.1 Å². The molecular weight excluding hydrogens is 146 g/mol. The molecule has 0 aromatic heterocycles. The summed E-state index contributed by atoms with van der Waals surface area (Å²) in [6.07, 6.45) is 4.04. The normalized spacial score (nSPS) is 11.8. The third-order valence-electron chi connectivity index (χ3n) is 2.00. The first-order valence-corrected chi connectivity index (χ1v) is 5.52. The highest BCUT2D eigenvalue weighted by atomic mass is 14.8. The summed E-state index contributed by atoms with van der Waals surface area (Å²) in [5.74, 6) is 0.915. The maximum Gasteiger partial charge on any atom is -0.00489 e. The summed E-state index contributed by atoms with van der Waals surface area (Å²) < 4.78 is 0. The van der Waals surface area contributed by atoms with Gasteiger partial charge in [-0.3, -0.25) is 0 Å². The van der Waals surface area contributed by atoms with Crippen molar-refractivity contribution in [1.29, 1.82) is 0 Å². The topological polar surface area (TPSA) is 12.0 Å². The Morgan fingerprint density at radius 1 is 1.17 bits per heavy atom. The molecule has 0 amide bonds. The Morgan fingerprint density at radius 3 is 2.17 bits per heavy atom. The number of hydrogen-bond donors (Lipinski definition) is 1. The van der Waals surface area contributed by atoms with Crippen molar-refractivity contribution in [3.63, 3.8) is 0 Å². The molecule has 1 atom stereocenters. The molecule has 0 aliphatic carbocycles. The third-order valence-corrected chi connectivity index (χ3v) is 2.00. The molecule has 0 aromatic rings. The fraction of sp³-hybridized carbons (Fsp3) is 1.00. The molecule has 0 rings (SSSR count). The van der Waals surface area contributed by atoms with Crippen LogP contribution in [-0.2, 0) is 0 Å². The predicted octanol–water partition coefficient (Wildman–Crippen LogP) is 3.45. The van der Waals surface area contributed by atoms with Crippen molar-refractivity contribution in [1.82, 2.24) is 5.32 Å². The second kappa shape index (κ2) is 13.5. The standard InChI is InChI=1S/C9H21N.C2H6/c1-4-9(3)7-6-8-10-5-2;1-2/h9-10H,4-8H2,1-3H3;1-2H3. The maximum absolute atomic E-state index is 3.33. The highest BCUT2D eigenvalue weighted by molar-refractivity contribution is 4.51. The molecule has 0 aliphatic rings. The summed E-state index contributed by atoms with van der Waals surface area (Å²) in [7, 11) is 0. The van der Waals surface area contributed by atoms with Gasteiger partial charge in [-0.1, -0.05) is 41.0 Å². The lowest BCUT2D eigenvalue weighted by atomic mass is 10.0. The van der Waals surface area contributed by atoms with Crippen LogP contribution in [-0.4, -0.2) is 13.1 Å². The van der Waals surface area contributed by atoms with Crippen molar-refractivity contribution >= 4 is 0 Å². The van der Waals surface area contributed by atoms with Gasteiger partial charge in [0.25, 0.3) is 0 Å². The van der Waals surface area contributed by atoms with E-state index in [4.69, 9.17) is 0 Å². The largest absolute Gasteiger partial charge is 0.317 e. The van der Waals surface area contributed by atoms with Crippen molar-refractivity contribution in [3.8, 4) is 0 Å². The van der Waals surface area contributed by atoms with Gasteiger partial charge in [-0.15, -0.1) is 0 Å². The quantitative estimate of drug-likeness (QED) is 0.607. The zero-order chi connectivity index (χ0) is 9.82. The number of hydrogen-bond acceptors (Lipinski definition) is 1. The average molecular weight is 173 g/mol. The first-order valence-electron chi connectivity index (χ1n) is 5.52. The SMILES string of the molecule is CC.CCNCCCC(C)CC. The molecule has 1 N–H and O–H groups in total. The molecule has 0 heterocycles. The van der Waals surface area contributed by atoms with Gasteiger partial charge in [0.1, 0.15) is 0 Å². The van der Waals surface area contributed by atoms with E-state index >= 15 is 0 Å². The van der Waals surface area contributed by atoms with E-state index < -0.39 is 0 Å². The van der Waals surface area contributed by atoms with Crippen LogP contribution in [0.3, 0.4) is 0 Å². The third kappa shape index (κ3) is 12.6. The summed E-state index contributed by atoms with van der Waals surface area (Å²) in [6.45, 7) is 13.1. The van der Waals surface area contributed by atoms with Gasteiger partial charge in [0, 0.05) is 0 Å². The van der Waals surface area contributed by atoms with Gasteiger partial charge >= 0.3 is 0 Å². The Bertz CT molecular complexity index is 62.0. The van der Waals surface area contributed by atoms with Gasteiger partial charge in [0.05, 0.1) is 0 Å². The van der Waals surface area contributed by atoms with E-state index in [0.29, 0.717) is 0 Å². The van der Waals surface area contributed by atoms with Crippen LogP contribution in [0.5, 0.6) is 0 Å². The minimum atomic E-state index is 0.915. The van der Waals surface area contributed by atoms with Crippen LogP contribution in [0.15, 0.2) is 0 Å². The van der Waals surface area contributed by atoms with Crippen molar-refractivity contribution in [3.05, 3.63) is 0 Å². The Hall–Kier alpha value is -0.0400. The van der Waals surface area contributed by atoms with Gasteiger partial charge in [0.15, 0.2) is 0 Å². The van der Waals surface area contributed by atoms with Gasteiger partial charge in [-0.2, -0.15) is 0 Å². The molecule has 1 nitrogen and oxygen atoms in total. The molecule has 0 saturated carbocycles. The molecule has 76 valence electrons. The molecule has 0 saturated heterocycles. The summed E-state index contributed by atoms with van der Waals surface area (Å²) in [5, 5.41) is 3.33. The number of rotatable bonds is 6. The van der Waals surface area contributed by atoms with Gasteiger partial charge < -0.3 is 5.32 Å². The van der Waals surface area contributed by atoms with Crippen molar-refractivity contribution in [2.75, 3.05) is 13.1 Å². The molecule has 0 aliphatic heterocycles. The van der Waals surface area contributed by atoms with Crippen LogP contribution in [0.2, 0.25) is 0 Å². The predicted molar refractivity (Wildman–Crippen MR) is 58.6 cm³/mol. The van der Waals surface area contributed by atoms with Crippen molar-refractivity contribution < 1.29 is 0 Å². The van der Waals surface area contributed by atoms with Crippen LogP contribution in [0.1, 0.15) is 53.9 Å². The lowest BCUT2D eigenvalue weighted by Gasteiger charge is -2.07. The molecule has 12 heavy (non-hydrogen) atoms. The zero-order valence-corrected chi connectivity index (χ0v) is 9.61. The lowest BCUT2D eigenvalue weighted by molar-refractivity contribution is 0.484. The summed E-state index contributed by atoms with van der Waals surface area (Å²) in [4.78, 5) is 0. The average Bonchev–Trinajstić information content (AvgIpc) is 2.15. The van der Waals surface area contributed by atoms with E-state index in [-0.39, 0.29) is 0 Å². The Morgan fingerprint density at radius 2 is 1.75 bits per heavy atom. The van der Waals surface area contributed by atoms with E-state index in [9.17, 15) is 0 Å². The van der Waals surface area contributed by atoms with Crippen molar-refractivity contribution in [2.45, 2.75) is 53.9 Å². The highest BCUT2D eigenvalue weighted by Crippen LogP contribution is 2.07. The van der Waals surface area contributed by atoms with Crippen LogP contribution in [0.4, 0.5) is 0 Å². The van der Waals surface area contributed by atoms with Crippen molar-refractivity contribution in [2.24, 2.45) is 5.92 Å². The zero-order valence-electron chi connectivity index (χ0n) is 9.61. The minimum absolute atomic E-state index is 0.915. The first-order chi connectivity index (χ1) is 5.81. The second-order valence-corrected chi connectivity index (χ2v) is 3.01. The molecular formula is C11H27N. The lowest BCUT2D eigenvalue weighted by Crippen LogP contribution is -2.14. The fourth-order valence-corrected chi connectivity index (χ4v) is 0.956. The van der Waals surface area contributed by atoms with E-state index in [1.165, 1.54) is 25.8 Å². The highest BCUT2D eigenvalue weighted by Gasteiger charge is 1.96. The Kier molecular flexibility index (Phi) is 16.3. The Labute approximate surface area is 78.9 Å². The maximum atomic E-state index is 3.33. The Balaban J connectivity index is 0. The van der Waals surface area contributed by atoms with Crippen LogP contribution < -0.4 is 5.32 Å². The van der Waals surface area contributed by atoms with E-state index in [1.54, 1.807) is 0 Å². The summed E-state index contributed by atoms with van der Waals surface area (Å²) >= 11 is 0. The van der Waals surface area contributed by atoms with E-state index in [0.717, 1.165) is 12.5 Å². The minimum Gasteiger partial charge on any atom is -0.317 e. The van der Waals surface area contributed by atoms with Crippen LogP contribution in [0, 0.1) is 5.92 Å². The molecule has 0 fully saturated rings. The van der Waals surface area contributed by atoms with Gasteiger partial charge in [-0.05, 0) is 31.8 Å².